The van der Waals surface area contributed by atoms with E-state index in [1.807, 2.05) is 48.5 Å². The highest BCUT2D eigenvalue weighted by Gasteiger charge is 2.26. The van der Waals surface area contributed by atoms with E-state index in [9.17, 15) is 13.2 Å². The van der Waals surface area contributed by atoms with Crippen LogP contribution in [0.25, 0.3) is 0 Å². The highest BCUT2D eigenvalue weighted by atomic mass is 32.2. The molecule has 1 amide bonds. The second-order valence-corrected chi connectivity index (χ2v) is 10.5. The van der Waals surface area contributed by atoms with E-state index in [1.165, 1.54) is 0 Å². The maximum absolute atomic E-state index is 13.2. The quantitative estimate of drug-likeness (QED) is 0.463. The first kappa shape index (κ1) is 24.9. The number of nitrogens with one attached hydrogen (secondary N) is 2. The van der Waals surface area contributed by atoms with Gasteiger partial charge in [-0.05, 0) is 48.2 Å². The van der Waals surface area contributed by atoms with Crippen molar-refractivity contribution in [3.05, 3.63) is 90.0 Å². The van der Waals surface area contributed by atoms with Crippen LogP contribution in [0.1, 0.15) is 36.4 Å². The molecular formula is C27H31N3O4S. The molecule has 0 bridgehead atoms. The van der Waals surface area contributed by atoms with Gasteiger partial charge in [0.25, 0.3) is 0 Å². The summed E-state index contributed by atoms with van der Waals surface area (Å²) >= 11 is 0. The topological polar surface area (TPSA) is 87.7 Å². The molecule has 7 nitrogen and oxygen atoms in total. The van der Waals surface area contributed by atoms with Crippen LogP contribution in [0.15, 0.2) is 83.8 Å². The highest BCUT2D eigenvalue weighted by molar-refractivity contribution is 7.89. The fourth-order valence-electron chi connectivity index (χ4n) is 4.18. The van der Waals surface area contributed by atoms with Crippen molar-refractivity contribution < 1.29 is 17.9 Å². The van der Waals surface area contributed by atoms with Crippen molar-refractivity contribution in [2.24, 2.45) is 0 Å². The van der Waals surface area contributed by atoms with Crippen LogP contribution in [0, 0.1) is 0 Å². The van der Waals surface area contributed by atoms with E-state index in [-0.39, 0.29) is 5.91 Å². The zero-order valence-corrected chi connectivity index (χ0v) is 20.6. The molecule has 0 aliphatic carbocycles. The maximum atomic E-state index is 13.2. The van der Waals surface area contributed by atoms with Gasteiger partial charge in [-0.2, -0.15) is 4.31 Å². The number of hydrogen-bond acceptors (Lipinski definition) is 5. The Morgan fingerprint density at radius 2 is 1.66 bits per heavy atom. The molecule has 35 heavy (non-hydrogen) atoms. The smallest absolute Gasteiger partial charge is 0.246 e. The molecule has 8 heteroatoms. The van der Waals surface area contributed by atoms with Gasteiger partial charge in [0.15, 0.2) is 0 Å². The molecule has 0 spiro atoms. The molecule has 1 aliphatic heterocycles. The molecule has 2 N–H and O–H groups in total. The first-order valence-electron chi connectivity index (χ1n) is 11.8. The lowest BCUT2D eigenvalue weighted by Gasteiger charge is -2.26. The van der Waals surface area contributed by atoms with Crippen LogP contribution >= 0.6 is 0 Å². The summed E-state index contributed by atoms with van der Waals surface area (Å²) in [6.45, 7) is 1.55. The maximum Gasteiger partial charge on any atom is 0.246 e. The summed E-state index contributed by atoms with van der Waals surface area (Å²) in [4.78, 5) is 13.5. The number of methoxy groups -OCH3 is 1. The van der Waals surface area contributed by atoms with Gasteiger partial charge in [0.1, 0.15) is 11.8 Å². The highest BCUT2D eigenvalue weighted by Crippen LogP contribution is 2.23. The molecule has 1 fully saturated rings. The molecule has 1 unspecified atom stereocenters. The van der Waals surface area contributed by atoms with Crippen molar-refractivity contribution in [3.8, 4) is 5.75 Å². The Morgan fingerprint density at radius 1 is 0.943 bits per heavy atom. The third kappa shape index (κ3) is 6.28. The van der Waals surface area contributed by atoms with E-state index in [1.54, 1.807) is 41.7 Å². The van der Waals surface area contributed by atoms with Gasteiger partial charge in [-0.3, -0.25) is 10.1 Å². The standard InChI is InChI=1S/C27H31N3O4S/c1-34-24-12-8-11-23(19-24)29-27(31)26(22-9-4-2-5-10-22)28-20-21-13-15-25(16-14-21)35(32,33)30-17-6-3-7-18-30/h2,4-5,8-16,19,26,28H,3,6-7,17-18,20H2,1H3,(H,29,31). The van der Waals surface area contributed by atoms with Crippen molar-refractivity contribution in [1.29, 1.82) is 0 Å². The molecule has 0 aromatic heterocycles. The molecule has 1 aliphatic rings. The van der Waals surface area contributed by atoms with Crippen molar-refractivity contribution in [3.63, 3.8) is 0 Å². The largest absolute Gasteiger partial charge is 0.497 e. The summed E-state index contributed by atoms with van der Waals surface area (Å²) in [7, 11) is -1.89. The van der Waals surface area contributed by atoms with Crippen molar-refractivity contribution >= 4 is 21.6 Å². The summed E-state index contributed by atoms with van der Waals surface area (Å²) in [5.41, 5.74) is 2.36. The fraction of sp³-hybridized carbons (Fsp3) is 0.296. The third-order valence-corrected chi connectivity index (χ3v) is 8.03. The molecule has 184 valence electrons. The van der Waals surface area contributed by atoms with Gasteiger partial charge in [-0.1, -0.05) is 55.0 Å². The summed E-state index contributed by atoms with van der Waals surface area (Å²) in [6.07, 6.45) is 2.88. The molecular weight excluding hydrogens is 462 g/mol. The minimum atomic E-state index is -3.47. The first-order valence-corrected chi connectivity index (χ1v) is 13.2. The van der Waals surface area contributed by atoms with Crippen LogP contribution in [0.4, 0.5) is 5.69 Å². The number of sulfonamides is 1. The molecule has 1 saturated heterocycles. The van der Waals surface area contributed by atoms with Crippen LogP contribution in [0.2, 0.25) is 0 Å². The molecule has 0 saturated carbocycles. The van der Waals surface area contributed by atoms with Crippen molar-refractivity contribution in [2.45, 2.75) is 36.7 Å². The van der Waals surface area contributed by atoms with Gasteiger partial charge >= 0.3 is 0 Å². The average molecular weight is 494 g/mol. The number of rotatable bonds is 9. The number of carbonyl (C=O) groups excluding carboxylic acids is 1. The van der Waals surface area contributed by atoms with Gasteiger partial charge in [-0.15, -0.1) is 0 Å². The second kappa shape index (κ2) is 11.5. The number of amides is 1. The van der Waals surface area contributed by atoms with E-state index in [0.717, 1.165) is 30.4 Å². The Balaban J connectivity index is 1.46. The molecule has 1 heterocycles. The number of ether oxygens (including phenoxy) is 1. The zero-order valence-electron chi connectivity index (χ0n) is 19.8. The summed E-state index contributed by atoms with van der Waals surface area (Å²) < 4.78 is 32.6. The number of nitrogens with zero attached hydrogens (tertiary/aromatic N) is 1. The van der Waals surface area contributed by atoms with Crippen LogP contribution in [0.3, 0.4) is 0 Å². The van der Waals surface area contributed by atoms with E-state index >= 15 is 0 Å². The Hall–Kier alpha value is -3.20. The Morgan fingerprint density at radius 3 is 2.34 bits per heavy atom. The van der Waals surface area contributed by atoms with E-state index < -0.39 is 16.1 Å². The minimum absolute atomic E-state index is 0.200. The van der Waals surface area contributed by atoms with E-state index in [4.69, 9.17) is 4.74 Å². The Labute approximate surface area is 207 Å². The van der Waals surface area contributed by atoms with Crippen LogP contribution in [-0.2, 0) is 21.4 Å². The van der Waals surface area contributed by atoms with Gasteiger partial charge in [-0.25, -0.2) is 8.42 Å². The molecule has 3 aromatic rings. The predicted molar refractivity (Wildman–Crippen MR) is 137 cm³/mol. The third-order valence-electron chi connectivity index (χ3n) is 6.12. The number of anilines is 1. The SMILES string of the molecule is COc1cccc(NC(=O)C(NCc2ccc(S(=O)(=O)N3CCCCC3)cc2)c2ccccc2)c1. The normalized spacial score (nSPS) is 15.3. The average Bonchev–Trinajstić information content (AvgIpc) is 2.90. The second-order valence-electron chi connectivity index (χ2n) is 8.55. The van der Waals surface area contributed by atoms with Crippen molar-refractivity contribution in [1.82, 2.24) is 9.62 Å². The van der Waals surface area contributed by atoms with Crippen LogP contribution in [0.5, 0.6) is 5.75 Å². The minimum Gasteiger partial charge on any atom is -0.497 e. The molecule has 4 rings (SSSR count). The van der Waals surface area contributed by atoms with E-state index in [0.29, 0.717) is 36.0 Å². The van der Waals surface area contributed by atoms with Crippen LogP contribution in [-0.4, -0.2) is 38.8 Å². The van der Waals surface area contributed by atoms with Gasteiger partial charge in [0, 0.05) is 31.4 Å². The van der Waals surface area contributed by atoms with E-state index in [2.05, 4.69) is 10.6 Å². The number of carbonyl (C=O) groups is 1. The fourth-order valence-corrected chi connectivity index (χ4v) is 5.69. The summed E-state index contributed by atoms with van der Waals surface area (Å²) in [5.74, 6) is 0.459. The van der Waals surface area contributed by atoms with Crippen LogP contribution < -0.4 is 15.4 Å². The van der Waals surface area contributed by atoms with Crippen molar-refractivity contribution in [2.75, 3.05) is 25.5 Å². The summed E-state index contributed by atoms with van der Waals surface area (Å²) in [6, 6.07) is 23.0. The number of benzene rings is 3. The molecule has 3 aromatic carbocycles. The van der Waals surface area contributed by atoms with Gasteiger partial charge in [0.2, 0.25) is 15.9 Å². The first-order chi connectivity index (χ1) is 17.0. The molecule has 1 atom stereocenters. The lowest BCUT2D eigenvalue weighted by Crippen LogP contribution is -2.35. The number of piperidine rings is 1. The van der Waals surface area contributed by atoms with Gasteiger partial charge < -0.3 is 10.1 Å². The lowest BCUT2D eigenvalue weighted by molar-refractivity contribution is -0.118. The zero-order chi connectivity index (χ0) is 24.7. The molecule has 0 radical (unpaired) electrons. The lowest BCUT2D eigenvalue weighted by atomic mass is 10.1. The Bertz CT molecular complexity index is 1220. The Kier molecular flexibility index (Phi) is 8.17. The monoisotopic (exact) mass is 493 g/mol. The number of hydrogen-bond donors (Lipinski definition) is 2. The predicted octanol–water partition coefficient (Wildman–Crippen LogP) is 4.34. The summed E-state index contributed by atoms with van der Waals surface area (Å²) in [5, 5.41) is 6.27. The van der Waals surface area contributed by atoms with Gasteiger partial charge in [0.05, 0.1) is 12.0 Å².